The van der Waals surface area contributed by atoms with Crippen molar-refractivity contribution in [1.29, 1.82) is 0 Å². The summed E-state index contributed by atoms with van der Waals surface area (Å²) in [5, 5.41) is 13.3. The van der Waals surface area contributed by atoms with Crippen LogP contribution in [-0.4, -0.2) is 48.8 Å². The fourth-order valence-electron chi connectivity index (χ4n) is 2.32. The summed E-state index contributed by atoms with van der Waals surface area (Å²) in [6.45, 7) is 4.50. The van der Waals surface area contributed by atoms with E-state index in [4.69, 9.17) is 0 Å². The molecule has 1 aliphatic rings. The number of nitrogens with zero attached hydrogens (tertiary/aromatic N) is 3. The van der Waals surface area contributed by atoms with Crippen LogP contribution in [-0.2, 0) is 16.1 Å². The lowest BCUT2D eigenvalue weighted by atomic mass is 10.1. The van der Waals surface area contributed by atoms with Crippen molar-refractivity contribution in [2.75, 3.05) is 5.75 Å². The summed E-state index contributed by atoms with van der Waals surface area (Å²) in [6.07, 6.45) is 3.73. The van der Waals surface area contributed by atoms with E-state index in [1.807, 2.05) is 13.8 Å². The average molecular weight is 297 g/mol. The molecule has 1 aromatic heterocycles. The van der Waals surface area contributed by atoms with Gasteiger partial charge in [0.15, 0.2) is 0 Å². The Morgan fingerprint density at radius 2 is 2.25 bits per heavy atom. The van der Waals surface area contributed by atoms with Crippen LogP contribution in [0.2, 0.25) is 0 Å². The highest BCUT2D eigenvalue weighted by molar-refractivity contribution is 8.00. The second kappa shape index (κ2) is 6.30. The Morgan fingerprint density at radius 1 is 1.50 bits per heavy atom. The van der Waals surface area contributed by atoms with Gasteiger partial charge in [-0.2, -0.15) is 5.10 Å². The maximum Gasteiger partial charge on any atom is 0.327 e. The Labute approximate surface area is 122 Å². The van der Waals surface area contributed by atoms with Gasteiger partial charge in [0.2, 0.25) is 5.91 Å². The molecule has 1 amide bonds. The number of carboxylic acid groups (broad SMARTS) is 1. The van der Waals surface area contributed by atoms with Gasteiger partial charge in [0, 0.05) is 31.1 Å². The predicted molar refractivity (Wildman–Crippen MR) is 76.2 cm³/mol. The SMILES string of the molecule is CC(C)C1SCC(C(=O)O)N1C(=O)CCn1cccn1. The zero-order chi connectivity index (χ0) is 14.7. The molecule has 1 aliphatic heterocycles. The number of amides is 1. The first kappa shape index (κ1) is 14.9. The summed E-state index contributed by atoms with van der Waals surface area (Å²) in [6, 6.07) is 1.09. The molecule has 6 nitrogen and oxygen atoms in total. The molecule has 2 atom stereocenters. The summed E-state index contributed by atoms with van der Waals surface area (Å²) in [5.74, 6) is -0.339. The molecule has 0 spiro atoms. The van der Waals surface area contributed by atoms with Gasteiger partial charge in [-0.1, -0.05) is 13.8 Å². The molecular weight excluding hydrogens is 278 g/mol. The van der Waals surface area contributed by atoms with Crippen LogP contribution in [0.15, 0.2) is 18.5 Å². The molecule has 0 aliphatic carbocycles. The Bertz CT molecular complexity index is 475. The summed E-state index contributed by atoms with van der Waals surface area (Å²) in [4.78, 5) is 25.2. The Hall–Kier alpha value is -1.50. The molecule has 2 heterocycles. The molecule has 2 rings (SSSR count). The van der Waals surface area contributed by atoms with Gasteiger partial charge in [-0.25, -0.2) is 4.79 Å². The number of hydrogen-bond acceptors (Lipinski definition) is 4. The van der Waals surface area contributed by atoms with Crippen LogP contribution in [0.25, 0.3) is 0 Å². The Morgan fingerprint density at radius 3 is 2.80 bits per heavy atom. The maximum atomic E-state index is 12.4. The first-order valence-electron chi connectivity index (χ1n) is 6.63. The van der Waals surface area contributed by atoms with E-state index < -0.39 is 12.0 Å². The van der Waals surface area contributed by atoms with E-state index in [2.05, 4.69) is 5.10 Å². The number of rotatable bonds is 5. The van der Waals surface area contributed by atoms with E-state index in [9.17, 15) is 14.7 Å². The van der Waals surface area contributed by atoms with Crippen molar-refractivity contribution in [2.24, 2.45) is 5.92 Å². The molecule has 0 radical (unpaired) electrons. The van der Waals surface area contributed by atoms with Crippen LogP contribution in [0, 0.1) is 5.92 Å². The van der Waals surface area contributed by atoms with Crippen LogP contribution < -0.4 is 0 Å². The summed E-state index contributed by atoms with van der Waals surface area (Å²) in [7, 11) is 0. The van der Waals surface area contributed by atoms with Crippen molar-refractivity contribution < 1.29 is 14.7 Å². The Balaban J connectivity index is 2.04. The first-order chi connectivity index (χ1) is 9.50. The molecular formula is C13H19N3O3S. The minimum Gasteiger partial charge on any atom is -0.480 e. The van der Waals surface area contributed by atoms with Crippen LogP contribution in [0.1, 0.15) is 20.3 Å². The van der Waals surface area contributed by atoms with Gasteiger partial charge in [0.1, 0.15) is 6.04 Å². The quantitative estimate of drug-likeness (QED) is 0.886. The first-order valence-corrected chi connectivity index (χ1v) is 7.68. The second-order valence-electron chi connectivity index (χ2n) is 5.14. The molecule has 7 heteroatoms. The molecule has 2 unspecified atom stereocenters. The van der Waals surface area contributed by atoms with E-state index in [1.54, 1.807) is 39.8 Å². The highest BCUT2D eigenvalue weighted by Gasteiger charge is 2.42. The lowest BCUT2D eigenvalue weighted by Gasteiger charge is -2.29. The number of thioether (sulfide) groups is 1. The fourth-order valence-corrected chi connectivity index (χ4v) is 3.81. The third kappa shape index (κ3) is 3.15. The van der Waals surface area contributed by atoms with Gasteiger partial charge in [-0.3, -0.25) is 9.48 Å². The van der Waals surface area contributed by atoms with E-state index in [0.29, 0.717) is 12.3 Å². The van der Waals surface area contributed by atoms with Crippen molar-refractivity contribution in [3.8, 4) is 0 Å². The van der Waals surface area contributed by atoms with Gasteiger partial charge in [0.05, 0.1) is 5.37 Å². The number of carbonyl (C=O) groups excluding carboxylic acids is 1. The number of carboxylic acids is 1. The van der Waals surface area contributed by atoms with E-state index in [0.717, 1.165) is 0 Å². The van der Waals surface area contributed by atoms with Gasteiger partial charge in [-0.05, 0) is 12.0 Å². The van der Waals surface area contributed by atoms with Crippen molar-refractivity contribution in [1.82, 2.24) is 14.7 Å². The normalized spacial score (nSPS) is 22.4. The van der Waals surface area contributed by atoms with Crippen molar-refractivity contribution in [2.45, 2.75) is 38.2 Å². The smallest absolute Gasteiger partial charge is 0.327 e. The molecule has 1 fully saturated rings. The Kier molecular flexibility index (Phi) is 4.69. The standard InChI is InChI=1S/C13H19N3O3S/c1-9(2)12-16(10(8-20-12)13(18)19)11(17)4-7-15-6-3-5-14-15/h3,5-6,9-10,12H,4,7-8H2,1-2H3,(H,18,19). The van der Waals surface area contributed by atoms with Crippen molar-refractivity contribution in [3.63, 3.8) is 0 Å². The van der Waals surface area contributed by atoms with Gasteiger partial charge in [0.25, 0.3) is 0 Å². The average Bonchev–Trinajstić information content (AvgIpc) is 3.04. The monoisotopic (exact) mass is 297 g/mol. The summed E-state index contributed by atoms with van der Waals surface area (Å²) < 4.78 is 1.68. The predicted octanol–water partition coefficient (Wildman–Crippen LogP) is 1.28. The van der Waals surface area contributed by atoms with Gasteiger partial charge < -0.3 is 10.0 Å². The minimum atomic E-state index is -0.923. The van der Waals surface area contributed by atoms with Crippen molar-refractivity contribution in [3.05, 3.63) is 18.5 Å². The van der Waals surface area contributed by atoms with Crippen molar-refractivity contribution >= 4 is 23.6 Å². The fraction of sp³-hybridized carbons (Fsp3) is 0.615. The third-order valence-corrected chi connectivity index (χ3v) is 4.91. The van der Waals surface area contributed by atoms with Crippen LogP contribution in [0.4, 0.5) is 0 Å². The van der Waals surface area contributed by atoms with E-state index >= 15 is 0 Å². The number of aliphatic carboxylic acids is 1. The molecule has 20 heavy (non-hydrogen) atoms. The largest absolute Gasteiger partial charge is 0.480 e. The molecule has 0 bridgehead atoms. The molecule has 0 saturated carbocycles. The molecule has 110 valence electrons. The molecule has 1 aromatic rings. The van der Waals surface area contributed by atoms with Gasteiger partial charge >= 0.3 is 5.97 Å². The third-order valence-electron chi connectivity index (χ3n) is 3.29. The maximum absolute atomic E-state index is 12.4. The van der Waals surface area contributed by atoms with Gasteiger partial charge in [-0.15, -0.1) is 11.8 Å². The number of aromatic nitrogens is 2. The zero-order valence-corrected chi connectivity index (χ0v) is 12.4. The minimum absolute atomic E-state index is 0.0544. The highest BCUT2D eigenvalue weighted by atomic mass is 32.2. The molecule has 1 N–H and O–H groups in total. The second-order valence-corrected chi connectivity index (χ2v) is 6.29. The number of carbonyl (C=O) groups is 2. The molecule has 0 aromatic carbocycles. The lowest BCUT2D eigenvalue weighted by Crippen LogP contribution is -2.47. The zero-order valence-electron chi connectivity index (χ0n) is 11.6. The molecule has 1 saturated heterocycles. The van der Waals surface area contributed by atoms with Crippen LogP contribution >= 0.6 is 11.8 Å². The van der Waals surface area contributed by atoms with Crippen LogP contribution in [0.5, 0.6) is 0 Å². The van der Waals surface area contributed by atoms with E-state index in [1.165, 1.54) is 0 Å². The lowest BCUT2D eigenvalue weighted by molar-refractivity contribution is -0.149. The van der Waals surface area contributed by atoms with E-state index in [-0.39, 0.29) is 23.6 Å². The highest BCUT2D eigenvalue weighted by Crippen LogP contribution is 2.34. The van der Waals surface area contributed by atoms with Crippen LogP contribution in [0.3, 0.4) is 0 Å². The topological polar surface area (TPSA) is 75.4 Å². The number of aryl methyl sites for hydroxylation is 1. The summed E-state index contributed by atoms with van der Waals surface area (Å²) in [5.41, 5.74) is 0. The summed E-state index contributed by atoms with van der Waals surface area (Å²) >= 11 is 1.55. The number of hydrogen-bond donors (Lipinski definition) is 1.